The summed E-state index contributed by atoms with van der Waals surface area (Å²) in [6.07, 6.45) is 12.2. The molecule has 2 aliphatic rings. The van der Waals surface area contributed by atoms with Crippen LogP contribution in [0.25, 0.3) is 0 Å². The van der Waals surface area contributed by atoms with Gasteiger partial charge in [-0.2, -0.15) is 5.10 Å². The molecule has 24 heavy (non-hydrogen) atoms. The van der Waals surface area contributed by atoms with E-state index >= 15 is 0 Å². The number of piperidine rings is 1. The first-order valence-electron chi connectivity index (χ1n) is 9.34. The zero-order valence-electron chi connectivity index (χ0n) is 14.7. The van der Waals surface area contributed by atoms with Crippen molar-refractivity contribution in [2.45, 2.75) is 76.5 Å². The topological polar surface area (TPSA) is 75.1 Å². The zero-order valence-corrected chi connectivity index (χ0v) is 14.7. The second-order valence-electron chi connectivity index (χ2n) is 7.26. The van der Waals surface area contributed by atoms with Crippen molar-refractivity contribution >= 4 is 6.03 Å². The van der Waals surface area contributed by atoms with Gasteiger partial charge in [0.15, 0.2) is 0 Å². The fourth-order valence-corrected chi connectivity index (χ4v) is 4.01. The number of aromatic nitrogens is 3. The minimum absolute atomic E-state index is 0.0183. The Morgan fingerprint density at radius 3 is 2.83 bits per heavy atom. The van der Waals surface area contributed by atoms with Gasteiger partial charge in [-0.15, -0.1) is 0 Å². The number of amides is 2. The highest BCUT2D eigenvalue weighted by molar-refractivity contribution is 5.74. The first kappa shape index (κ1) is 17.2. The number of hydrogen-bond donors (Lipinski definition) is 2. The number of carbonyl (C=O) groups is 1. The van der Waals surface area contributed by atoms with Crippen LogP contribution in [0, 0.1) is 0 Å². The molecule has 7 heteroatoms. The fourth-order valence-electron chi connectivity index (χ4n) is 4.01. The van der Waals surface area contributed by atoms with Crippen molar-refractivity contribution < 1.29 is 4.79 Å². The predicted octanol–water partition coefficient (Wildman–Crippen LogP) is 1.76. The molecule has 1 aliphatic heterocycles. The maximum Gasteiger partial charge on any atom is 0.315 e. The van der Waals surface area contributed by atoms with E-state index in [4.69, 9.17) is 0 Å². The Bertz CT molecular complexity index is 499. The van der Waals surface area contributed by atoms with Gasteiger partial charge in [-0.1, -0.05) is 19.3 Å². The Morgan fingerprint density at radius 1 is 1.25 bits per heavy atom. The summed E-state index contributed by atoms with van der Waals surface area (Å²) in [7, 11) is 0. The SMILES string of the molecule is C[C@H](Cn1cncn1)NC(=O)N[C@H]1CCCN(C2CCCCC2)C1. The normalized spacial score (nSPS) is 24.5. The summed E-state index contributed by atoms with van der Waals surface area (Å²) in [4.78, 5) is 18.8. The second kappa shape index (κ2) is 8.46. The van der Waals surface area contributed by atoms with E-state index in [9.17, 15) is 4.79 Å². The van der Waals surface area contributed by atoms with Crippen LogP contribution in [0.2, 0.25) is 0 Å². The van der Waals surface area contributed by atoms with Gasteiger partial charge in [-0.25, -0.2) is 9.78 Å². The lowest BCUT2D eigenvalue weighted by Gasteiger charge is -2.40. The Hall–Kier alpha value is -1.63. The van der Waals surface area contributed by atoms with Gasteiger partial charge in [0.2, 0.25) is 0 Å². The van der Waals surface area contributed by atoms with E-state index in [2.05, 4.69) is 25.6 Å². The molecule has 2 amide bonds. The van der Waals surface area contributed by atoms with E-state index in [1.165, 1.54) is 51.4 Å². The molecule has 3 rings (SSSR count). The molecule has 0 radical (unpaired) electrons. The zero-order chi connectivity index (χ0) is 16.8. The molecule has 1 aromatic rings. The van der Waals surface area contributed by atoms with E-state index in [0.29, 0.717) is 6.54 Å². The summed E-state index contributed by atoms with van der Waals surface area (Å²) in [6, 6.07) is 0.944. The third kappa shape index (κ3) is 4.93. The molecule has 2 N–H and O–H groups in total. The molecule has 0 spiro atoms. The Morgan fingerprint density at radius 2 is 2.08 bits per heavy atom. The average molecular weight is 334 g/mol. The highest BCUT2D eigenvalue weighted by atomic mass is 16.2. The minimum Gasteiger partial charge on any atom is -0.334 e. The van der Waals surface area contributed by atoms with Crippen LogP contribution in [0.5, 0.6) is 0 Å². The Kier molecular flexibility index (Phi) is 6.07. The number of urea groups is 1. The van der Waals surface area contributed by atoms with Crippen molar-refractivity contribution in [1.29, 1.82) is 0 Å². The number of likely N-dealkylation sites (tertiary alicyclic amines) is 1. The highest BCUT2D eigenvalue weighted by Gasteiger charge is 2.27. The number of hydrogen-bond acceptors (Lipinski definition) is 4. The van der Waals surface area contributed by atoms with Crippen LogP contribution < -0.4 is 10.6 Å². The van der Waals surface area contributed by atoms with Gasteiger partial charge in [-0.3, -0.25) is 9.58 Å². The number of carbonyl (C=O) groups excluding carboxylic acids is 1. The van der Waals surface area contributed by atoms with Crippen molar-refractivity contribution in [1.82, 2.24) is 30.3 Å². The van der Waals surface area contributed by atoms with Gasteiger partial charge >= 0.3 is 6.03 Å². The van der Waals surface area contributed by atoms with Crippen molar-refractivity contribution in [3.8, 4) is 0 Å². The molecule has 2 atom stereocenters. The lowest BCUT2D eigenvalue weighted by Crippen LogP contribution is -2.54. The number of rotatable bonds is 5. The summed E-state index contributed by atoms with van der Waals surface area (Å²) in [6.45, 7) is 4.80. The van der Waals surface area contributed by atoms with Crippen molar-refractivity contribution in [3.05, 3.63) is 12.7 Å². The molecule has 7 nitrogen and oxygen atoms in total. The summed E-state index contributed by atoms with van der Waals surface area (Å²) < 4.78 is 1.73. The second-order valence-corrected chi connectivity index (χ2v) is 7.26. The van der Waals surface area contributed by atoms with Crippen LogP contribution in [-0.4, -0.2) is 56.9 Å². The monoisotopic (exact) mass is 334 g/mol. The van der Waals surface area contributed by atoms with Crippen LogP contribution in [-0.2, 0) is 6.54 Å². The van der Waals surface area contributed by atoms with E-state index < -0.39 is 0 Å². The molecular weight excluding hydrogens is 304 g/mol. The first-order valence-corrected chi connectivity index (χ1v) is 9.34. The van der Waals surface area contributed by atoms with Crippen LogP contribution >= 0.6 is 0 Å². The van der Waals surface area contributed by atoms with Crippen LogP contribution in [0.3, 0.4) is 0 Å². The highest BCUT2D eigenvalue weighted by Crippen LogP contribution is 2.25. The quantitative estimate of drug-likeness (QED) is 0.860. The maximum absolute atomic E-state index is 12.2. The van der Waals surface area contributed by atoms with Crippen molar-refractivity contribution in [3.63, 3.8) is 0 Å². The summed E-state index contributed by atoms with van der Waals surface area (Å²) >= 11 is 0. The molecular formula is C17H30N6O. The first-order chi connectivity index (χ1) is 11.7. The Labute approximate surface area is 144 Å². The predicted molar refractivity (Wildman–Crippen MR) is 92.6 cm³/mol. The maximum atomic E-state index is 12.2. The number of nitrogens with zero attached hydrogens (tertiary/aromatic N) is 4. The van der Waals surface area contributed by atoms with Gasteiger partial charge in [-0.05, 0) is 39.2 Å². The molecule has 1 saturated heterocycles. The summed E-state index contributed by atoms with van der Waals surface area (Å²) in [5.74, 6) is 0. The smallest absolute Gasteiger partial charge is 0.315 e. The summed E-state index contributed by atoms with van der Waals surface area (Å²) in [5.41, 5.74) is 0. The van der Waals surface area contributed by atoms with E-state index in [0.717, 1.165) is 19.0 Å². The Balaban J connectivity index is 1.41. The molecule has 0 aromatic carbocycles. The molecule has 134 valence electrons. The number of nitrogens with one attached hydrogen (secondary N) is 2. The third-order valence-electron chi connectivity index (χ3n) is 5.18. The van der Waals surface area contributed by atoms with Gasteiger partial charge in [0.05, 0.1) is 6.54 Å². The molecule has 2 heterocycles. The van der Waals surface area contributed by atoms with E-state index in [1.54, 1.807) is 11.0 Å². The molecule has 1 aromatic heterocycles. The van der Waals surface area contributed by atoms with Gasteiger partial charge in [0.25, 0.3) is 0 Å². The minimum atomic E-state index is -0.0712. The largest absolute Gasteiger partial charge is 0.334 e. The molecule has 0 unspecified atom stereocenters. The van der Waals surface area contributed by atoms with E-state index in [1.807, 2.05) is 6.92 Å². The van der Waals surface area contributed by atoms with Gasteiger partial charge < -0.3 is 10.6 Å². The van der Waals surface area contributed by atoms with Gasteiger partial charge in [0.1, 0.15) is 12.7 Å². The molecule has 0 bridgehead atoms. The molecule has 1 aliphatic carbocycles. The molecule has 2 fully saturated rings. The van der Waals surface area contributed by atoms with Crippen molar-refractivity contribution in [2.75, 3.05) is 13.1 Å². The average Bonchev–Trinajstić information content (AvgIpc) is 3.08. The third-order valence-corrected chi connectivity index (χ3v) is 5.18. The van der Waals surface area contributed by atoms with Crippen molar-refractivity contribution in [2.24, 2.45) is 0 Å². The molecule has 1 saturated carbocycles. The van der Waals surface area contributed by atoms with E-state index in [-0.39, 0.29) is 18.1 Å². The fraction of sp³-hybridized carbons (Fsp3) is 0.824. The van der Waals surface area contributed by atoms with Crippen LogP contribution in [0.1, 0.15) is 51.9 Å². The van der Waals surface area contributed by atoms with Crippen LogP contribution in [0.15, 0.2) is 12.7 Å². The van der Waals surface area contributed by atoms with Gasteiger partial charge in [0, 0.05) is 24.7 Å². The lowest BCUT2D eigenvalue weighted by molar-refractivity contribution is 0.112. The van der Waals surface area contributed by atoms with Crippen LogP contribution in [0.4, 0.5) is 4.79 Å². The summed E-state index contributed by atoms with van der Waals surface area (Å²) in [5, 5.41) is 10.2. The standard InChI is InChI=1S/C17H30N6O/c1-14(10-23-13-18-12-19-23)20-17(24)21-15-6-5-9-22(11-15)16-7-3-2-4-8-16/h12-16H,2-11H2,1H3,(H2,20,21,24)/t14-,15+/m1/s1. The lowest BCUT2D eigenvalue weighted by atomic mass is 9.92.